The summed E-state index contributed by atoms with van der Waals surface area (Å²) in [6.07, 6.45) is 4.23. The largest absolute Gasteiger partial charge is 0.458 e. The molecule has 4 aliphatic heterocycles. The fourth-order valence-electron chi connectivity index (χ4n) is 16.2. The van der Waals surface area contributed by atoms with E-state index in [-0.39, 0.29) is 29.7 Å². The van der Waals surface area contributed by atoms with E-state index in [4.69, 9.17) is 20.4 Å². The molecule has 86 heavy (non-hydrogen) atoms. The Kier molecular flexibility index (Phi) is 11.3. The predicted octanol–water partition coefficient (Wildman–Crippen LogP) is 15.1. The molecule has 2 aromatic heterocycles. The molecule has 0 saturated carbocycles. The number of aromatic nitrogens is 2. The number of pyridine rings is 2. The summed E-state index contributed by atoms with van der Waals surface area (Å²) in [4.78, 5) is 19.3. The molecule has 10 aromatic rings. The molecule has 8 aromatic carbocycles. The number of nitrogens with zero attached hydrogens (tertiary/aromatic N) is 5. The summed E-state index contributed by atoms with van der Waals surface area (Å²) in [6.45, 7) is 25.1. The number of fused-ring (bicyclic) bond motifs is 10. The number of nitrogens with two attached hydrogens (primary N) is 1. The van der Waals surface area contributed by atoms with Gasteiger partial charge >= 0.3 is 0 Å². The molecule has 7 nitrogen and oxygen atoms in total. The second-order valence-electron chi connectivity index (χ2n) is 27.9. The van der Waals surface area contributed by atoms with Gasteiger partial charge in [0.05, 0.1) is 11.4 Å². The lowest BCUT2D eigenvalue weighted by Gasteiger charge is -2.46. The quantitative estimate of drug-likeness (QED) is 0.172. The molecule has 0 spiro atoms. The van der Waals surface area contributed by atoms with Crippen molar-refractivity contribution in [3.63, 3.8) is 0 Å². The highest BCUT2D eigenvalue weighted by Crippen LogP contribution is 2.52. The molecular weight excluding hydrogens is 1050 g/mol. The highest BCUT2D eigenvalue weighted by Gasteiger charge is 2.50. The Morgan fingerprint density at radius 3 is 1.50 bits per heavy atom. The predicted molar refractivity (Wildman–Crippen MR) is 361 cm³/mol. The van der Waals surface area contributed by atoms with Crippen molar-refractivity contribution >= 4 is 97.6 Å². The van der Waals surface area contributed by atoms with E-state index >= 15 is 0 Å². The number of hydrogen-bond acceptors (Lipinski definition) is 7. The molecule has 0 bridgehead atoms. The molecule has 0 radical (unpaired) electrons. The SMILES string of the molecule is Cc1cccc(C)c1-c1cc2c3c(n1)N(c1ccc4c(c1)C(C)(C)CCC4(C)C)c1ccccc1B3c1cc3c(cc1O2)N(c1ccccc1)c1nc(-c2c(C)cccc2C)cc2c1B3c1ccccc1N2c1ccc2c(c1)C(C)(N)CCC2(C)C. The van der Waals surface area contributed by atoms with Gasteiger partial charge in [0, 0.05) is 74.1 Å². The molecule has 6 heterocycles. The second-order valence-corrected chi connectivity index (χ2v) is 27.9. The van der Waals surface area contributed by atoms with Crippen LogP contribution in [0.2, 0.25) is 0 Å². The van der Waals surface area contributed by atoms with Crippen LogP contribution in [0.3, 0.4) is 0 Å². The summed E-state index contributed by atoms with van der Waals surface area (Å²) < 4.78 is 7.67. The number of benzene rings is 8. The van der Waals surface area contributed by atoms with Gasteiger partial charge in [-0.1, -0.05) is 151 Å². The lowest BCUT2D eigenvalue weighted by molar-refractivity contribution is 0.319. The lowest BCUT2D eigenvalue weighted by Crippen LogP contribution is -2.64. The Bertz CT molecular complexity index is 4520. The van der Waals surface area contributed by atoms with Gasteiger partial charge in [-0.05, 0) is 203 Å². The molecule has 422 valence electrons. The van der Waals surface area contributed by atoms with E-state index in [0.717, 1.165) is 128 Å². The minimum Gasteiger partial charge on any atom is -0.458 e. The zero-order chi connectivity index (χ0) is 59.1. The Morgan fingerprint density at radius 2 is 0.872 bits per heavy atom. The third kappa shape index (κ3) is 7.65. The third-order valence-corrected chi connectivity index (χ3v) is 20.9. The van der Waals surface area contributed by atoms with E-state index in [1.54, 1.807) is 0 Å². The van der Waals surface area contributed by atoms with Gasteiger partial charge in [0.1, 0.15) is 23.1 Å². The number of rotatable bonds is 5. The standard InChI is InChI=1S/C77H72B2N6O/c1-45-21-19-22-46(2)68(45)60-42-65-70-72(81-60)84(49-25-13-12-14-26-49)64-44-66-59(41-58(64)78(70)56-27-15-17-29-62(56)83(65)50-31-34-53-55(40-50)77(11,80)38-37-75(53,7)8)79-57-28-16-18-30-63(57)85(51-32-33-52-54(39-51)76(9,10)36-35-74(52,5)6)73-71(79)67(86-66)43-61(82-73)69-47(3)23-20-24-48(69)4/h12-34,39-44H,35-38,80H2,1-11H3. The first-order valence-electron chi connectivity index (χ1n) is 31.1. The van der Waals surface area contributed by atoms with Crippen LogP contribution in [-0.2, 0) is 21.8 Å². The van der Waals surface area contributed by atoms with Gasteiger partial charge in [0.15, 0.2) is 0 Å². The van der Waals surface area contributed by atoms with Crippen molar-refractivity contribution in [1.29, 1.82) is 0 Å². The lowest BCUT2D eigenvalue weighted by atomic mass is 9.31. The van der Waals surface area contributed by atoms with Crippen LogP contribution in [-0.4, -0.2) is 23.4 Å². The molecular formula is C77H72B2N6O. The van der Waals surface area contributed by atoms with Crippen molar-refractivity contribution in [2.45, 2.75) is 124 Å². The van der Waals surface area contributed by atoms with Gasteiger partial charge < -0.3 is 15.4 Å². The molecule has 6 aliphatic rings. The van der Waals surface area contributed by atoms with Crippen molar-refractivity contribution in [3.8, 4) is 34.0 Å². The Morgan fingerprint density at radius 1 is 0.384 bits per heavy atom. The van der Waals surface area contributed by atoms with Crippen LogP contribution < -0.4 is 57.9 Å². The van der Waals surface area contributed by atoms with E-state index < -0.39 is 5.54 Å². The van der Waals surface area contributed by atoms with Crippen molar-refractivity contribution in [1.82, 2.24) is 9.97 Å². The summed E-state index contributed by atoms with van der Waals surface area (Å²) in [7, 11) is 0. The maximum Gasteiger partial charge on any atom is 0.258 e. The first-order valence-corrected chi connectivity index (χ1v) is 31.1. The number of aryl methyl sites for hydroxylation is 4. The minimum absolute atomic E-state index is 0.00182. The van der Waals surface area contributed by atoms with E-state index in [1.807, 2.05) is 0 Å². The summed E-state index contributed by atoms with van der Waals surface area (Å²) >= 11 is 0. The van der Waals surface area contributed by atoms with Gasteiger partial charge in [0.25, 0.3) is 13.4 Å². The Balaban J connectivity index is 0.972. The zero-order valence-corrected chi connectivity index (χ0v) is 51.4. The van der Waals surface area contributed by atoms with Crippen LogP contribution in [0.1, 0.15) is 119 Å². The van der Waals surface area contributed by atoms with Crippen molar-refractivity contribution < 1.29 is 4.74 Å². The fraction of sp³-hybridized carbons (Fsp3) is 0.247. The molecule has 2 N–H and O–H groups in total. The highest BCUT2D eigenvalue weighted by atomic mass is 16.5. The fourth-order valence-corrected chi connectivity index (χ4v) is 16.2. The maximum atomic E-state index is 7.67. The molecule has 2 aliphatic carbocycles. The van der Waals surface area contributed by atoms with Gasteiger partial charge in [-0.15, -0.1) is 0 Å². The van der Waals surface area contributed by atoms with Crippen molar-refractivity contribution in [2.75, 3.05) is 14.7 Å². The smallest absolute Gasteiger partial charge is 0.258 e. The van der Waals surface area contributed by atoms with Gasteiger partial charge in [-0.2, -0.15) is 0 Å². The van der Waals surface area contributed by atoms with Crippen LogP contribution in [0.5, 0.6) is 11.5 Å². The number of hydrogen-bond donors (Lipinski definition) is 1. The summed E-state index contributed by atoms with van der Waals surface area (Å²) in [5.74, 6) is 3.46. The van der Waals surface area contributed by atoms with E-state index in [9.17, 15) is 0 Å². The van der Waals surface area contributed by atoms with Crippen LogP contribution in [0.25, 0.3) is 22.5 Å². The minimum atomic E-state index is -0.484. The summed E-state index contributed by atoms with van der Waals surface area (Å²) in [5.41, 5.74) is 35.8. The molecule has 1 atom stereocenters. The average Bonchev–Trinajstić information content (AvgIpc) is 0.699. The molecule has 16 rings (SSSR count). The molecule has 0 saturated heterocycles. The van der Waals surface area contributed by atoms with E-state index in [1.165, 1.54) is 60.9 Å². The van der Waals surface area contributed by atoms with Gasteiger partial charge in [-0.25, -0.2) is 9.97 Å². The van der Waals surface area contributed by atoms with Gasteiger partial charge in [0.2, 0.25) is 0 Å². The second kappa shape index (κ2) is 18.4. The average molecular weight is 1120 g/mol. The zero-order valence-electron chi connectivity index (χ0n) is 51.4. The van der Waals surface area contributed by atoms with Crippen molar-refractivity contribution in [3.05, 3.63) is 220 Å². The number of ether oxygens (including phenoxy) is 1. The number of anilines is 9. The Labute approximate surface area is 508 Å². The monoisotopic (exact) mass is 1120 g/mol. The molecule has 1 unspecified atom stereocenters. The van der Waals surface area contributed by atoms with Crippen molar-refractivity contribution in [2.24, 2.45) is 5.73 Å². The summed E-state index contributed by atoms with van der Waals surface area (Å²) in [5, 5.41) is 0. The van der Waals surface area contributed by atoms with Crippen LogP contribution in [0.15, 0.2) is 176 Å². The first-order chi connectivity index (χ1) is 41.3. The van der Waals surface area contributed by atoms with Gasteiger partial charge in [-0.3, -0.25) is 9.80 Å². The summed E-state index contributed by atoms with van der Waals surface area (Å²) in [6, 6.07) is 66.0. The van der Waals surface area contributed by atoms with E-state index in [0.29, 0.717) is 0 Å². The Hall–Kier alpha value is -8.65. The van der Waals surface area contributed by atoms with E-state index in [2.05, 4.69) is 267 Å². The maximum absolute atomic E-state index is 7.67. The van der Waals surface area contributed by atoms with Crippen LogP contribution in [0.4, 0.5) is 51.4 Å². The van der Waals surface area contributed by atoms with Crippen LogP contribution in [0, 0.1) is 27.7 Å². The normalized spacial score (nSPS) is 18.3. The highest BCUT2D eigenvalue weighted by molar-refractivity contribution is 7.02. The topological polar surface area (TPSA) is 70.8 Å². The first kappa shape index (κ1) is 52.9. The molecule has 0 amide bonds. The van der Waals surface area contributed by atoms with Crippen LogP contribution >= 0.6 is 0 Å². The third-order valence-electron chi connectivity index (χ3n) is 20.9. The molecule has 0 fully saturated rings. The number of para-hydroxylation sites is 3. The molecule has 9 heteroatoms.